The number of carbonyl (C=O) groups excluding carboxylic acids is 1. The van der Waals surface area contributed by atoms with Gasteiger partial charge in [-0.2, -0.15) is 0 Å². The number of amides is 1. The Balaban J connectivity index is 1.93. The van der Waals surface area contributed by atoms with Crippen molar-refractivity contribution in [1.29, 1.82) is 0 Å². The van der Waals surface area contributed by atoms with Crippen molar-refractivity contribution in [2.24, 2.45) is 0 Å². The fraction of sp³-hybridized carbons (Fsp3) is 0.333. The molecular weight excluding hydrogens is 292 g/mol. The Kier molecular flexibility index (Phi) is 5.21. The predicted octanol–water partition coefficient (Wildman–Crippen LogP) is 3.46. The van der Waals surface area contributed by atoms with E-state index in [0.29, 0.717) is 18.4 Å². The smallest absolute Gasteiger partial charge is 0.407 e. The summed E-state index contributed by atoms with van der Waals surface area (Å²) < 4.78 is 5.16. The van der Waals surface area contributed by atoms with Gasteiger partial charge in [-0.25, -0.2) is 4.79 Å². The summed E-state index contributed by atoms with van der Waals surface area (Å²) in [5, 5.41) is 3.37. The van der Waals surface area contributed by atoms with Crippen LogP contribution in [0.4, 0.5) is 4.79 Å². The van der Waals surface area contributed by atoms with Gasteiger partial charge in [0.15, 0.2) is 5.43 Å². The molecule has 0 unspecified atom stereocenters. The second-order valence-corrected chi connectivity index (χ2v) is 6.23. The molecule has 0 radical (unpaired) electrons. The lowest BCUT2D eigenvalue weighted by molar-refractivity contribution is 0.0529. The number of carbonyl (C=O) groups is 1. The number of pyridine rings is 1. The Morgan fingerprint density at radius 1 is 1.30 bits per heavy atom. The van der Waals surface area contributed by atoms with E-state index in [4.69, 9.17) is 4.74 Å². The van der Waals surface area contributed by atoms with Crippen LogP contribution in [0.1, 0.15) is 32.8 Å². The first-order valence-corrected chi connectivity index (χ1v) is 7.61. The standard InChI is InChI=1S/C18H22N2O3/c1-18(2,3)23-17(22)20-11-5-4-7-13-8-6-9-14-15(21)10-12-19-16(13)14/h4,6-10,12H,5,11H2,1-3H3,(H,19,21)(H,20,22). The maximum absolute atomic E-state index is 11.8. The highest BCUT2D eigenvalue weighted by molar-refractivity contribution is 5.86. The van der Waals surface area contributed by atoms with E-state index in [-0.39, 0.29) is 5.43 Å². The molecule has 23 heavy (non-hydrogen) atoms. The van der Waals surface area contributed by atoms with Crippen LogP contribution in [0, 0.1) is 0 Å². The Hall–Kier alpha value is -2.56. The van der Waals surface area contributed by atoms with Crippen LogP contribution in [0.3, 0.4) is 0 Å². The van der Waals surface area contributed by atoms with Crippen molar-refractivity contribution in [3.8, 4) is 0 Å². The van der Waals surface area contributed by atoms with Crippen LogP contribution in [0.2, 0.25) is 0 Å². The van der Waals surface area contributed by atoms with Gasteiger partial charge >= 0.3 is 6.09 Å². The number of alkyl carbamates (subject to hydrolysis) is 1. The number of benzene rings is 1. The molecule has 2 rings (SSSR count). The van der Waals surface area contributed by atoms with Gasteiger partial charge in [0.2, 0.25) is 0 Å². The third kappa shape index (κ3) is 4.98. The second-order valence-electron chi connectivity index (χ2n) is 6.23. The molecule has 5 heteroatoms. The molecule has 0 aliphatic carbocycles. The van der Waals surface area contributed by atoms with Crippen LogP contribution in [-0.2, 0) is 4.74 Å². The fourth-order valence-electron chi connectivity index (χ4n) is 2.15. The highest BCUT2D eigenvalue weighted by Gasteiger charge is 2.15. The van der Waals surface area contributed by atoms with Gasteiger partial charge < -0.3 is 15.0 Å². The predicted molar refractivity (Wildman–Crippen MR) is 92.5 cm³/mol. The van der Waals surface area contributed by atoms with Crippen molar-refractivity contribution in [3.05, 3.63) is 52.3 Å². The van der Waals surface area contributed by atoms with Gasteiger partial charge in [-0.05, 0) is 38.8 Å². The van der Waals surface area contributed by atoms with Gasteiger partial charge in [0.1, 0.15) is 5.60 Å². The zero-order valence-electron chi connectivity index (χ0n) is 13.7. The summed E-state index contributed by atoms with van der Waals surface area (Å²) in [6.07, 6.45) is 5.80. The van der Waals surface area contributed by atoms with Crippen molar-refractivity contribution in [2.75, 3.05) is 6.54 Å². The maximum atomic E-state index is 11.8. The summed E-state index contributed by atoms with van der Waals surface area (Å²) in [6, 6.07) is 7.11. The van der Waals surface area contributed by atoms with E-state index >= 15 is 0 Å². The Morgan fingerprint density at radius 3 is 2.83 bits per heavy atom. The third-order valence-corrected chi connectivity index (χ3v) is 3.10. The first-order chi connectivity index (χ1) is 10.9. The van der Waals surface area contributed by atoms with Crippen LogP contribution in [0.25, 0.3) is 17.0 Å². The highest BCUT2D eigenvalue weighted by Crippen LogP contribution is 2.14. The molecule has 2 N–H and O–H groups in total. The van der Waals surface area contributed by atoms with E-state index in [9.17, 15) is 9.59 Å². The first-order valence-electron chi connectivity index (χ1n) is 7.61. The molecule has 0 fully saturated rings. The maximum Gasteiger partial charge on any atom is 0.407 e. The third-order valence-electron chi connectivity index (χ3n) is 3.10. The van der Waals surface area contributed by atoms with E-state index in [0.717, 1.165) is 11.1 Å². The molecule has 0 saturated heterocycles. The minimum Gasteiger partial charge on any atom is -0.444 e. The lowest BCUT2D eigenvalue weighted by Gasteiger charge is -2.19. The topological polar surface area (TPSA) is 71.2 Å². The average Bonchev–Trinajstić information content (AvgIpc) is 2.46. The fourth-order valence-corrected chi connectivity index (χ4v) is 2.15. The quantitative estimate of drug-likeness (QED) is 0.849. The number of aromatic amines is 1. The van der Waals surface area contributed by atoms with Crippen molar-refractivity contribution in [3.63, 3.8) is 0 Å². The number of fused-ring (bicyclic) bond motifs is 1. The monoisotopic (exact) mass is 314 g/mol. The molecule has 0 saturated carbocycles. The van der Waals surface area contributed by atoms with Crippen molar-refractivity contribution in [1.82, 2.24) is 10.3 Å². The number of nitrogens with one attached hydrogen (secondary N) is 2. The Morgan fingerprint density at radius 2 is 2.09 bits per heavy atom. The van der Waals surface area contributed by atoms with Gasteiger partial charge in [-0.15, -0.1) is 0 Å². The molecule has 0 atom stereocenters. The molecule has 1 aromatic carbocycles. The lowest BCUT2D eigenvalue weighted by Crippen LogP contribution is -2.32. The minimum atomic E-state index is -0.491. The van der Waals surface area contributed by atoms with E-state index in [1.54, 1.807) is 12.3 Å². The van der Waals surface area contributed by atoms with E-state index in [2.05, 4.69) is 10.3 Å². The Bertz CT molecular complexity index is 770. The molecule has 122 valence electrons. The molecule has 1 heterocycles. The Labute approximate surface area is 135 Å². The average molecular weight is 314 g/mol. The molecule has 1 aromatic heterocycles. The number of aromatic nitrogens is 1. The van der Waals surface area contributed by atoms with Crippen molar-refractivity contribution >= 4 is 23.1 Å². The minimum absolute atomic E-state index is 0.000549. The van der Waals surface area contributed by atoms with Crippen LogP contribution in [0.15, 0.2) is 41.3 Å². The number of para-hydroxylation sites is 1. The van der Waals surface area contributed by atoms with Crippen LogP contribution >= 0.6 is 0 Å². The number of hydrogen-bond acceptors (Lipinski definition) is 3. The molecule has 0 aliphatic heterocycles. The van der Waals surface area contributed by atoms with Gasteiger partial charge in [0.25, 0.3) is 0 Å². The summed E-state index contributed by atoms with van der Waals surface area (Å²) in [4.78, 5) is 26.4. The largest absolute Gasteiger partial charge is 0.444 e. The second kappa shape index (κ2) is 7.13. The number of H-pyrrole nitrogens is 1. The van der Waals surface area contributed by atoms with Crippen LogP contribution in [-0.4, -0.2) is 23.2 Å². The SMILES string of the molecule is CC(C)(C)OC(=O)NCCC=Cc1cccc2c(=O)cc[nH]c12. The van der Waals surface area contributed by atoms with Crippen LogP contribution < -0.4 is 10.7 Å². The van der Waals surface area contributed by atoms with Gasteiger partial charge in [-0.3, -0.25) is 4.79 Å². The van der Waals surface area contributed by atoms with Gasteiger partial charge in [-0.1, -0.05) is 24.3 Å². The molecule has 1 amide bonds. The zero-order valence-corrected chi connectivity index (χ0v) is 13.7. The normalized spacial score (nSPS) is 11.8. The number of ether oxygens (including phenoxy) is 1. The molecule has 0 bridgehead atoms. The number of rotatable bonds is 4. The van der Waals surface area contributed by atoms with E-state index < -0.39 is 11.7 Å². The summed E-state index contributed by atoms with van der Waals surface area (Å²) in [5.41, 5.74) is 1.27. The summed E-state index contributed by atoms with van der Waals surface area (Å²) in [5.74, 6) is 0. The molecule has 2 aromatic rings. The molecular formula is C18H22N2O3. The molecule has 5 nitrogen and oxygen atoms in total. The summed E-state index contributed by atoms with van der Waals surface area (Å²) in [7, 11) is 0. The van der Waals surface area contributed by atoms with Crippen molar-refractivity contribution < 1.29 is 9.53 Å². The molecule has 0 aliphatic rings. The number of hydrogen-bond donors (Lipinski definition) is 2. The van der Waals surface area contributed by atoms with Gasteiger partial charge in [0.05, 0.1) is 5.52 Å². The summed E-state index contributed by atoms with van der Waals surface area (Å²) >= 11 is 0. The first kappa shape index (κ1) is 16.8. The van der Waals surface area contributed by atoms with Crippen molar-refractivity contribution in [2.45, 2.75) is 32.8 Å². The molecule has 0 spiro atoms. The lowest BCUT2D eigenvalue weighted by atomic mass is 10.1. The zero-order chi connectivity index (χ0) is 16.9. The highest BCUT2D eigenvalue weighted by atomic mass is 16.6. The van der Waals surface area contributed by atoms with Crippen LogP contribution in [0.5, 0.6) is 0 Å². The van der Waals surface area contributed by atoms with E-state index in [1.807, 2.05) is 45.1 Å². The summed E-state index contributed by atoms with van der Waals surface area (Å²) in [6.45, 7) is 5.97. The van der Waals surface area contributed by atoms with Gasteiger partial charge in [0, 0.05) is 24.2 Å². The van der Waals surface area contributed by atoms with E-state index in [1.165, 1.54) is 6.07 Å².